The average molecular weight is 723 g/mol. The molecule has 14 heteroatoms. The highest BCUT2D eigenvalue weighted by Gasteiger charge is 2.57. The van der Waals surface area contributed by atoms with Crippen LogP contribution in [0, 0.1) is 21.7 Å². The van der Waals surface area contributed by atoms with Crippen LogP contribution in [-0.2, 0) is 52.5 Å². The van der Waals surface area contributed by atoms with E-state index in [2.05, 4.69) is 5.32 Å². The number of nitrogens with zero attached hydrogens (tertiary/aromatic N) is 1. The maximum absolute atomic E-state index is 13.9. The van der Waals surface area contributed by atoms with Crippen molar-refractivity contribution in [1.82, 2.24) is 10.2 Å². The fourth-order valence-corrected chi connectivity index (χ4v) is 4.51. The number of furan rings is 1. The van der Waals surface area contributed by atoms with Crippen LogP contribution in [0.1, 0.15) is 116 Å². The Hall–Kier alpha value is -3.94. The number of nitrogens with one attached hydrogen (secondary N) is 1. The second kappa shape index (κ2) is 15.7. The van der Waals surface area contributed by atoms with E-state index in [1.54, 1.807) is 104 Å². The number of ether oxygens (including phenoxy) is 5. The van der Waals surface area contributed by atoms with E-state index >= 15 is 0 Å². The summed E-state index contributed by atoms with van der Waals surface area (Å²) in [4.78, 5) is 81.9. The number of hydrogen-bond acceptors (Lipinski definition) is 12. The van der Waals surface area contributed by atoms with Crippen molar-refractivity contribution in [3.05, 3.63) is 24.2 Å². The molecule has 14 nitrogen and oxygen atoms in total. The topological polar surface area (TPSA) is 177 Å². The van der Waals surface area contributed by atoms with Gasteiger partial charge in [-0.2, -0.15) is 0 Å². The number of carbonyl (C=O) groups excluding carboxylic acids is 6. The molecule has 1 aliphatic rings. The lowest BCUT2D eigenvalue weighted by Gasteiger charge is -2.49. The van der Waals surface area contributed by atoms with Crippen LogP contribution in [0.25, 0.3) is 0 Å². The predicted molar refractivity (Wildman–Crippen MR) is 184 cm³/mol. The molecule has 2 heterocycles. The van der Waals surface area contributed by atoms with Gasteiger partial charge in [-0.25, -0.2) is 0 Å². The molecule has 1 saturated heterocycles. The minimum atomic E-state index is -1.68. The van der Waals surface area contributed by atoms with Crippen molar-refractivity contribution >= 4 is 36.2 Å². The lowest BCUT2D eigenvalue weighted by molar-refractivity contribution is -0.283. The highest BCUT2D eigenvalue weighted by Crippen LogP contribution is 2.37. The lowest BCUT2D eigenvalue weighted by atomic mass is 9.92. The van der Waals surface area contributed by atoms with Crippen LogP contribution in [0.15, 0.2) is 22.8 Å². The lowest BCUT2D eigenvalue weighted by Crippen LogP contribution is -2.68. The third kappa shape index (κ3) is 11.8. The standard InChI is InChI=1S/C37H58N2O12/c1-33(2,3)29(42)47-19-22-24(49-30(43)34(4,5)6)25(50-31(44)35(7,8)9)26(51-32(45)36(10,11)12)28(48-22)39(20-40)23(21-17-16-18-46-21)27(41)38-37(13,14)15/h16-18,20,22-26,28H,19H2,1-15H3,(H,38,41)/t22?,23-,24+,25?,26?,28-/m1/s1. The van der Waals surface area contributed by atoms with Gasteiger partial charge in [0, 0.05) is 5.54 Å². The first-order valence-electron chi connectivity index (χ1n) is 17.0. The molecule has 1 fully saturated rings. The number of hydrogen-bond donors (Lipinski definition) is 1. The molecule has 3 unspecified atom stereocenters. The predicted octanol–water partition coefficient (Wildman–Crippen LogP) is 4.88. The summed E-state index contributed by atoms with van der Waals surface area (Å²) in [6.07, 6.45) is -6.28. The van der Waals surface area contributed by atoms with Gasteiger partial charge < -0.3 is 33.4 Å². The van der Waals surface area contributed by atoms with Crippen molar-refractivity contribution in [2.75, 3.05) is 6.61 Å². The highest BCUT2D eigenvalue weighted by atomic mass is 16.7. The summed E-state index contributed by atoms with van der Waals surface area (Å²) in [6.45, 7) is 24.0. The van der Waals surface area contributed by atoms with Crippen LogP contribution in [0.2, 0.25) is 0 Å². The van der Waals surface area contributed by atoms with Crippen molar-refractivity contribution in [2.45, 2.75) is 146 Å². The zero-order valence-electron chi connectivity index (χ0n) is 32.8. The normalized spacial score (nSPS) is 22.2. The Morgan fingerprint density at radius 1 is 0.725 bits per heavy atom. The number of carbonyl (C=O) groups is 6. The number of amides is 2. The first-order valence-corrected chi connectivity index (χ1v) is 17.0. The Kier molecular flexibility index (Phi) is 13.3. The maximum Gasteiger partial charge on any atom is 0.311 e. The number of esters is 4. The molecule has 1 aromatic rings. The van der Waals surface area contributed by atoms with Gasteiger partial charge in [0.2, 0.25) is 6.41 Å². The van der Waals surface area contributed by atoms with Gasteiger partial charge in [0.1, 0.15) is 18.5 Å². The van der Waals surface area contributed by atoms with Crippen molar-refractivity contribution in [2.24, 2.45) is 21.7 Å². The fraction of sp³-hybridized carbons (Fsp3) is 0.730. The Morgan fingerprint density at radius 3 is 1.57 bits per heavy atom. The maximum atomic E-state index is 13.9. The van der Waals surface area contributed by atoms with Gasteiger partial charge in [-0.15, -0.1) is 0 Å². The highest BCUT2D eigenvalue weighted by molar-refractivity contribution is 5.85. The minimum absolute atomic E-state index is 0.0357. The van der Waals surface area contributed by atoms with Gasteiger partial charge in [0.15, 0.2) is 30.6 Å². The van der Waals surface area contributed by atoms with E-state index in [9.17, 15) is 28.8 Å². The molecule has 288 valence electrons. The molecular weight excluding hydrogens is 664 g/mol. The molecule has 51 heavy (non-hydrogen) atoms. The Balaban J connectivity index is 2.96. The SMILES string of the molecule is CC(C)(C)NC(=O)[C@@H](c1ccco1)N(C=O)[C@@H]1OC(COC(=O)C(C)(C)C)[C@H](OC(=O)C(C)(C)C)C(OC(=O)C(C)(C)C)C1OC(=O)C(C)(C)C. The first kappa shape index (κ1) is 43.2. The van der Waals surface area contributed by atoms with Crippen LogP contribution in [0.4, 0.5) is 0 Å². The monoisotopic (exact) mass is 722 g/mol. The second-order valence-corrected chi connectivity index (χ2v) is 18.0. The van der Waals surface area contributed by atoms with E-state index in [-0.39, 0.29) is 5.76 Å². The Labute approximate surface area is 301 Å². The molecular formula is C37H58N2O12. The van der Waals surface area contributed by atoms with Gasteiger partial charge in [0.25, 0.3) is 5.91 Å². The van der Waals surface area contributed by atoms with Crippen molar-refractivity contribution in [1.29, 1.82) is 0 Å². The van der Waals surface area contributed by atoms with Gasteiger partial charge in [-0.1, -0.05) is 0 Å². The van der Waals surface area contributed by atoms with E-state index in [1.807, 2.05) is 0 Å². The zero-order valence-corrected chi connectivity index (χ0v) is 32.8. The van der Waals surface area contributed by atoms with E-state index in [0.29, 0.717) is 6.41 Å². The second-order valence-electron chi connectivity index (χ2n) is 18.0. The molecule has 6 atom stereocenters. The summed E-state index contributed by atoms with van der Waals surface area (Å²) in [7, 11) is 0. The van der Waals surface area contributed by atoms with Crippen LogP contribution in [-0.4, -0.2) is 83.9 Å². The summed E-state index contributed by atoms with van der Waals surface area (Å²) >= 11 is 0. The van der Waals surface area contributed by atoms with E-state index < -0.39 is 100 Å². The summed E-state index contributed by atoms with van der Waals surface area (Å²) in [5, 5.41) is 2.84. The molecule has 1 aliphatic heterocycles. The molecule has 0 aliphatic carbocycles. The zero-order chi connectivity index (χ0) is 39.5. The molecule has 2 rings (SSSR count). The molecule has 1 N–H and O–H groups in total. The summed E-state index contributed by atoms with van der Waals surface area (Å²) in [5.41, 5.74) is -4.99. The smallest absolute Gasteiger partial charge is 0.311 e. The van der Waals surface area contributed by atoms with Gasteiger partial charge in [-0.3, -0.25) is 33.7 Å². The van der Waals surface area contributed by atoms with Gasteiger partial charge >= 0.3 is 23.9 Å². The van der Waals surface area contributed by atoms with Crippen molar-refractivity contribution in [3.8, 4) is 0 Å². The molecule has 0 spiro atoms. The average Bonchev–Trinajstić information content (AvgIpc) is 3.47. The molecule has 1 aromatic heterocycles. The van der Waals surface area contributed by atoms with Crippen LogP contribution < -0.4 is 5.32 Å². The van der Waals surface area contributed by atoms with Gasteiger partial charge in [-0.05, 0) is 116 Å². The summed E-state index contributed by atoms with van der Waals surface area (Å²) < 4.78 is 35.8. The van der Waals surface area contributed by atoms with Crippen molar-refractivity contribution < 1.29 is 56.9 Å². The summed E-state index contributed by atoms with van der Waals surface area (Å²) in [5.74, 6) is -3.54. The number of rotatable bonds is 10. The molecule has 0 bridgehead atoms. The van der Waals surface area contributed by atoms with Crippen LogP contribution >= 0.6 is 0 Å². The molecule has 0 saturated carbocycles. The van der Waals surface area contributed by atoms with E-state index in [4.69, 9.17) is 28.1 Å². The van der Waals surface area contributed by atoms with E-state index in [1.165, 1.54) is 18.4 Å². The summed E-state index contributed by atoms with van der Waals surface area (Å²) in [6, 6.07) is 1.51. The Bertz CT molecular complexity index is 1400. The largest absolute Gasteiger partial charge is 0.467 e. The molecule has 0 aromatic carbocycles. The fourth-order valence-electron chi connectivity index (χ4n) is 4.51. The van der Waals surface area contributed by atoms with E-state index in [0.717, 1.165) is 4.90 Å². The van der Waals surface area contributed by atoms with Gasteiger partial charge in [0.05, 0.1) is 27.9 Å². The van der Waals surface area contributed by atoms with Crippen LogP contribution in [0.5, 0.6) is 0 Å². The molecule has 2 amide bonds. The third-order valence-electron chi connectivity index (χ3n) is 7.44. The third-order valence-corrected chi connectivity index (χ3v) is 7.44. The first-order chi connectivity index (χ1) is 23.0. The quantitative estimate of drug-likeness (QED) is 0.197. The molecule has 0 radical (unpaired) electrons. The Morgan fingerprint density at radius 2 is 1.18 bits per heavy atom. The van der Waals surface area contributed by atoms with Crippen LogP contribution in [0.3, 0.4) is 0 Å². The van der Waals surface area contributed by atoms with Crippen molar-refractivity contribution in [3.63, 3.8) is 0 Å². The minimum Gasteiger partial charge on any atom is -0.467 e.